The summed E-state index contributed by atoms with van der Waals surface area (Å²) < 4.78 is 0. The minimum atomic E-state index is 0.623. The highest BCUT2D eigenvalue weighted by molar-refractivity contribution is 5.12. The van der Waals surface area contributed by atoms with Gasteiger partial charge in [-0.1, -0.05) is 11.3 Å². The van der Waals surface area contributed by atoms with E-state index < -0.39 is 0 Å². The van der Waals surface area contributed by atoms with Crippen LogP contribution in [0, 0.1) is 6.92 Å². The van der Waals surface area contributed by atoms with Gasteiger partial charge in [-0.2, -0.15) is 5.21 Å². The van der Waals surface area contributed by atoms with E-state index in [9.17, 15) is 0 Å². The minimum absolute atomic E-state index is 0.623. The molecule has 2 aromatic rings. The van der Waals surface area contributed by atoms with E-state index in [4.69, 9.17) is 0 Å². The SMILES string of the molecule is Cc1cccc(Cc2nn[nH]n2)n1. The molecule has 0 aliphatic rings. The molecule has 0 aromatic carbocycles. The lowest BCUT2D eigenvalue weighted by Crippen LogP contribution is -1.95. The number of pyridine rings is 1. The van der Waals surface area contributed by atoms with Crippen molar-refractivity contribution >= 4 is 0 Å². The number of tetrazole rings is 1. The predicted octanol–water partition coefficient (Wildman–Crippen LogP) is 0.494. The zero-order valence-electron chi connectivity index (χ0n) is 7.23. The van der Waals surface area contributed by atoms with Gasteiger partial charge in [-0.15, -0.1) is 10.2 Å². The third-order valence-corrected chi connectivity index (χ3v) is 1.67. The van der Waals surface area contributed by atoms with E-state index in [1.165, 1.54) is 0 Å². The van der Waals surface area contributed by atoms with Crippen molar-refractivity contribution < 1.29 is 0 Å². The molecule has 2 heterocycles. The van der Waals surface area contributed by atoms with Crippen LogP contribution in [0.5, 0.6) is 0 Å². The lowest BCUT2D eigenvalue weighted by atomic mass is 10.2. The number of hydrogen-bond donors (Lipinski definition) is 1. The third-order valence-electron chi connectivity index (χ3n) is 1.67. The fourth-order valence-electron chi connectivity index (χ4n) is 1.12. The van der Waals surface area contributed by atoms with Gasteiger partial charge in [-0.05, 0) is 19.1 Å². The van der Waals surface area contributed by atoms with E-state index in [0.29, 0.717) is 12.2 Å². The van der Waals surface area contributed by atoms with Crippen molar-refractivity contribution in [3.8, 4) is 0 Å². The second-order valence-electron chi connectivity index (χ2n) is 2.78. The summed E-state index contributed by atoms with van der Waals surface area (Å²) in [6.45, 7) is 1.96. The first-order valence-corrected chi connectivity index (χ1v) is 3.99. The molecular formula is C8H9N5. The third kappa shape index (κ3) is 1.87. The first-order valence-electron chi connectivity index (χ1n) is 3.99. The van der Waals surface area contributed by atoms with E-state index in [1.54, 1.807) is 0 Å². The highest BCUT2D eigenvalue weighted by atomic mass is 15.5. The Labute approximate surface area is 75.2 Å². The molecule has 0 aliphatic carbocycles. The maximum absolute atomic E-state index is 4.33. The van der Waals surface area contributed by atoms with Gasteiger partial charge in [0.2, 0.25) is 0 Å². The molecule has 0 spiro atoms. The predicted molar refractivity (Wildman–Crippen MR) is 46.0 cm³/mol. The van der Waals surface area contributed by atoms with E-state index in [0.717, 1.165) is 11.4 Å². The summed E-state index contributed by atoms with van der Waals surface area (Å²) in [5, 5.41) is 13.6. The van der Waals surface area contributed by atoms with Crippen LogP contribution in [0.4, 0.5) is 0 Å². The van der Waals surface area contributed by atoms with Crippen molar-refractivity contribution in [1.82, 2.24) is 25.6 Å². The van der Waals surface area contributed by atoms with Crippen LogP contribution in [0.2, 0.25) is 0 Å². The molecule has 1 N–H and O–H groups in total. The molecule has 66 valence electrons. The molecule has 0 atom stereocenters. The molecule has 2 rings (SSSR count). The van der Waals surface area contributed by atoms with Crippen LogP contribution in [0.15, 0.2) is 18.2 Å². The molecule has 0 fully saturated rings. The average Bonchev–Trinajstić information content (AvgIpc) is 2.57. The second-order valence-corrected chi connectivity index (χ2v) is 2.78. The molecule has 0 unspecified atom stereocenters. The van der Waals surface area contributed by atoms with Crippen molar-refractivity contribution in [3.63, 3.8) is 0 Å². The van der Waals surface area contributed by atoms with Gasteiger partial charge < -0.3 is 0 Å². The smallest absolute Gasteiger partial charge is 0.180 e. The van der Waals surface area contributed by atoms with Gasteiger partial charge in [-0.3, -0.25) is 4.98 Å². The normalized spacial score (nSPS) is 10.2. The Kier molecular flexibility index (Phi) is 1.99. The van der Waals surface area contributed by atoms with Gasteiger partial charge in [0.05, 0.1) is 6.42 Å². The van der Waals surface area contributed by atoms with Crippen LogP contribution in [-0.4, -0.2) is 25.6 Å². The standard InChI is InChI=1S/C8H9N5/c1-6-3-2-4-7(9-6)5-8-10-12-13-11-8/h2-4H,5H2,1H3,(H,10,11,12,13). The van der Waals surface area contributed by atoms with Gasteiger partial charge >= 0.3 is 0 Å². The van der Waals surface area contributed by atoms with Gasteiger partial charge in [0.1, 0.15) is 0 Å². The topological polar surface area (TPSA) is 67.3 Å². The highest BCUT2D eigenvalue weighted by Gasteiger charge is 2.01. The Balaban J connectivity index is 2.19. The molecule has 0 saturated heterocycles. The first kappa shape index (κ1) is 7.85. The summed E-state index contributed by atoms with van der Waals surface area (Å²) in [4.78, 5) is 4.33. The molecular weight excluding hydrogens is 166 g/mol. The van der Waals surface area contributed by atoms with E-state index in [2.05, 4.69) is 25.6 Å². The average molecular weight is 175 g/mol. The number of rotatable bonds is 2. The Morgan fingerprint density at radius 3 is 3.00 bits per heavy atom. The maximum Gasteiger partial charge on any atom is 0.180 e. The lowest BCUT2D eigenvalue weighted by Gasteiger charge is -1.96. The molecule has 0 aliphatic heterocycles. The second kappa shape index (κ2) is 3.30. The number of aromatic nitrogens is 5. The quantitative estimate of drug-likeness (QED) is 0.721. The summed E-state index contributed by atoms with van der Waals surface area (Å²) in [6, 6.07) is 5.88. The molecule has 0 bridgehead atoms. The monoisotopic (exact) mass is 175 g/mol. The first-order chi connectivity index (χ1) is 6.34. The summed E-state index contributed by atoms with van der Waals surface area (Å²) in [6.07, 6.45) is 0.623. The number of hydrogen-bond acceptors (Lipinski definition) is 4. The fraction of sp³-hybridized carbons (Fsp3) is 0.250. The maximum atomic E-state index is 4.33. The summed E-state index contributed by atoms with van der Waals surface area (Å²) >= 11 is 0. The number of H-pyrrole nitrogens is 1. The van der Waals surface area contributed by atoms with Crippen molar-refractivity contribution in [2.75, 3.05) is 0 Å². The van der Waals surface area contributed by atoms with E-state index in [-0.39, 0.29) is 0 Å². The van der Waals surface area contributed by atoms with E-state index in [1.807, 2.05) is 25.1 Å². The van der Waals surface area contributed by atoms with Crippen LogP contribution in [0.25, 0.3) is 0 Å². The number of nitrogens with one attached hydrogen (secondary N) is 1. The Morgan fingerprint density at radius 2 is 2.31 bits per heavy atom. The molecule has 5 nitrogen and oxygen atoms in total. The van der Waals surface area contributed by atoms with E-state index >= 15 is 0 Å². The van der Waals surface area contributed by atoms with Crippen LogP contribution < -0.4 is 0 Å². The van der Waals surface area contributed by atoms with Crippen molar-refractivity contribution in [2.24, 2.45) is 0 Å². The summed E-state index contributed by atoms with van der Waals surface area (Å²) in [7, 11) is 0. The Bertz CT molecular complexity index is 381. The molecule has 0 amide bonds. The Morgan fingerprint density at radius 1 is 1.38 bits per heavy atom. The number of aromatic amines is 1. The molecule has 2 aromatic heterocycles. The minimum Gasteiger partial charge on any atom is -0.258 e. The van der Waals surface area contributed by atoms with Crippen molar-refractivity contribution in [2.45, 2.75) is 13.3 Å². The zero-order chi connectivity index (χ0) is 9.10. The number of aryl methyl sites for hydroxylation is 1. The lowest BCUT2D eigenvalue weighted by molar-refractivity contribution is 0.881. The van der Waals surface area contributed by atoms with Gasteiger partial charge in [-0.25, -0.2) is 0 Å². The summed E-state index contributed by atoms with van der Waals surface area (Å²) in [5.41, 5.74) is 1.96. The Hall–Kier alpha value is -1.78. The number of nitrogens with zero attached hydrogens (tertiary/aromatic N) is 4. The van der Waals surface area contributed by atoms with Crippen molar-refractivity contribution in [1.29, 1.82) is 0 Å². The summed E-state index contributed by atoms with van der Waals surface area (Å²) in [5.74, 6) is 0.665. The van der Waals surface area contributed by atoms with Crippen LogP contribution in [-0.2, 0) is 6.42 Å². The highest BCUT2D eigenvalue weighted by Crippen LogP contribution is 2.01. The zero-order valence-corrected chi connectivity index (χ0v) is 7.23. The molecule has 13 heavy (non-hydrogen) atoms. The van der Waals surface area contributed by atoms with Gasteiger partial charge in [0, 0.05) is 11.4 Å². The molecule has 0 radical (unpaired) electrons. The van der Waals surface area contributed by atoms with Crippen LogP contribution >= 0.6 is 0 Å². The van der Waals surface area contributed by atoms with Crippen LogP contribution in [0.3, 0.4) is 0 Å². The van der Waals surface area contributed by atoms with Gasteiger partial charge in [0.25, 0.3) is 0 Å². The largest absolute Gasteiger partial charge is 0.258 e. The van der Waals surface area contributed by atoms with Gasteiger partial charge in [0.15, 0.2) is 5.82 Å². The van der Waals surface area contributed by atoms with Crippen molar-refractivity contribution in [3.05, 3.63) is 35.4 Å². The van der Waals surface area contributed by atoms with Crippen LogP contribution in [0.1, 0.15) is 17.2 Å². The fourth-order valence-corrected chi connectivity index (χ4v) is 1.12. The molecule has 0 saturated carbocycles. The molecule has 5 heteroatoms.